The highest BCUT2D eigenvalue weighted by Gasteiger charge is 2.32. The molecule has 0 aromatic heterocycles. The van der Waals surface area contributed by atoms with E-state index in [-0.39, 0.29) is 5.91 Å². The predicted octanol–water partition coefficient (Wildman–Crippen LogP) is 3.72. The average Bonchev–Trinajstić information content (AvgIpc) is 2.95. The molecule has 0 spiro atoms. The highest BCUT2D eigenvalue weighted by atomic mass is 16.5. The third kappa shape index (κ3) is 4.59. The van der Waals surface area contributed by atoms with Crippen molar-refractivity contribution in [2.45, 2.75) is 19.0 Å². The van der Waals surface area contributed by atoms with E-state index in [0.29, 0.717) is 22.9 Å². The van der Waals surface area contributed by atoms with Gasteiger partial charge in [0.05, 0.1) is 25.6 Å². The number of methoxy groups -OCH3 is 2. The van der Waals surface area contributed by atoms with Crippen molar-refractivity contribution in [3.63, 3.8) is 0 Å². The van der Waals surface area contributed by atoms with Gasteiger partial charge < -0.3 is 25.0 Å². The van der Waals surface area contributed by atoms with Crippen LogP contribution in [0.3, 0.4) is 0 Å². The van der Waals surface area contributed by atoms with Crippen molar-refractivity contribution in [2.24, 2.45) is 4.99 Å². The number of nitrogens with zero attached hydrogens (tertiary/aromatic N) is 2. The number of likely N-dealkylation sites (N-methyl/N-ethyl adjacent to an activating group) is 1. The molecule has 4 rings (SSSR count). The van der Waals surface area contributed by atoms with E-state index in [9.17, 15) is 9.59 Å². The maximum atomic E-state index is 13.2. The van der Waals surface area contributed by atoms with E-state index in [0.717, 1.165) is 29.7 Å². The fourth-order valence-electron chi connectivity index (χ4n) is 3.89. The molecule has 1 heterocycles. The van der Waals surface area contributed by atoms with Crippen molar-refractivity contribution >= 4 is 23.3 Å². The SMILES string of the molecule is COc1ccc(NC(=O)NC2N=C(c3ccccc3)C3=C(CCC=C3)N(C)C2=O)c(OC)c1. The number of nitrogens with one attached hydrogen (secondary N) is 2. The molecule has 2 aromatic rings. The molecule has 1 aliphatic heterocycles. The fourth-order valence-corrected chi connectivity index (χ4v) is 3.89. The Balaban J connectivity index is 1.64. The summed E-state index contributed by atoms with van der Waals surface area (Å²) in [6.45, 7) is 0. The van der Waals surface area contributed by atoms with Gasteiger partial charge in [-0.15, -0.1) is 0 Å². The van der Waals surface area contributed by atoms with Gasteiger partial charge in [-0.05, 0) is 25.0 Å². The molecular weight excluding hydrogens is 420 g/mol. The summed E-state index contributed by atoms with van der Waals surface area (Å²) in [5.74, 6) is 0.727. The molecule has 0 radical (unpaired) electrons. The first-order valence-corrected chi connectivity index (χ1v) is 10.6. The number of rotatable bonds is 5. The maximum absolute atomic E-state index is 13.2. The zero-order valence-electron chi connectivity index (χ0n) is 18.8. The number of carbonyl (C=O) groups is 2. The molecular formula is C25H26N4O4. The fraction of sp³-hybridized carbons (Fsp3) is 0.240. The van der Waals surface area contributed by atoms with Crippen LogP contribution in [-0.2, 0) is 4.79 Å². The molecule has 8 heteroatoms. The summed E-state index contributed by atoms with van der Waals surface area (Å²) in [4.78, 5) is 32.4. The molecule has 0 saturated heterocycles. The van der Waals surface area contributed by atoms with Crippen LogP contribution in [0, 0.1) is 0 Å². The Morgan fingerprint density at radius 2 is 1.91 bits per heavy atom. The summed E-state index contributed by atoms with van der Waals surface area (Å²) in [6, 6.07) is 14.1. The first-order valence-electron chi connectivity index (χ1n) is 10.6. The Kier molecular flexibility index (Phi) is 6.44. The zero-order chi connectivity index (χ0) is 23.4. The maximum Gasteiger partial charge on any atom is 0.321 e. The normalized spacial score (nSPS) is 17.7. The van der Waals surface area contributed by atoms with Crippen molar-refractivity contribution in [1.29, 1.82) is 0 Å². The van der Waals surface area contributed by atoms with Gasteiger partial charge in [0.2, 0.25) is 6.17 Å². The first-order chi connectivity index (χ1) is 16.0. The van der Waals surface area contributed by atoms with Crippen LogP contribution in [0.25, 0.3) is 0 Å². The number of ether oxygens (including phenoxy) is 2. The van der Waals surface area contributed by atoms with Gasteiger partial charge in [-0.25, -0.2) is 9.79 Å². The topological polar surface area (TPSA) is 92.3 Å². The first kappa shape index (κ1) is 22.1. The lowest BCUT2D eigenvalue weighted by atomic mass is 9.94. The minimum absolute atomic E-state index is 0.305. The molecule has 0 saturated carbocycles. The number of carbonyl (C=O) groups excluding carboxylic acids is 2. The number of allylic oxidation sites excluding steroid dienone is 4. The number of aliphatic imine (C=N–C) groups is 1. The van der Waals surface area contributed by atoms with E-state index < -0.39 is 12.2 Å². The zero-order valence-corrected chi connectivity index (χ0v) is 18.8. The molecule has 1 unspecified atom stereocenters. The van der Waals surface area contributed by atoms with E-state index in [2.05, 4.69) is 16.7 Å². The van der Waals surface area contributed by atoms with E-state index >= 15 is 0 Å². The standard InChI is InChI=1S/C25H26N4O4/c1-29-20-12-8-7-11-18(20)22(16-9-5-4-6-10-16)27-23(24(29)30)28-25(31)26-19-14-13-17(32-2)15-21(19)33-3/h4-7,9-11,13-15,23H,8,12H2,1-3H3,(H2,26,28,31). The molecule has 1 atom stereocenters. The van der Waals surface area contributed by atoms with Gasteiger partial charge in [0.1, 0.15) is 11.5 Å². The molecule has 2 aromatic carbocycles. The Morgan fingerprint density at radius 1 is 1.12 bits per heavy atom. The average molecular weight is 447 g/mol. The quantitative estimate of drug-likeness (QED) is 0.732. The van der Waals surface area contributed by atoms with Crippen LogP contribution in [0.2, 0.25) is 0 Å². The van der Waals surface area contributed by atoms with Crippen molar-refractivity contribution < 1.29 is 19.1 Å². The van der Waals surface area contributed by atoms with E-state index in [1.807, 2.05) is 36.4 Å². The molecule has 0 fully saturated rings. The molecule has 33 heavy (non-hydrogen) atoms. The number of urea groups is 1. The Bertz CT molecular complexity index is 1150. The van der Waals surface area contributed by atoms with Crippen LogP contribution in [0.4, 0.5) is 10.5 Å². The molecule has 2 aliphatic rings. The van der Waals surface area contributed by atoms with Gasteiger partial charge in [0.25, 0.3) is 5.91 Å². The highest BCUT2D eigenvalue weighted by molar-refractivity contribution is 6.16. The lowest BCUT2D eigenvalue weighted by molar-refractivity contribution is -0.129. The Labute approximate surface area is 192 Å². The highest BCUT2D eigenvalue weighted by Crippen LogP contribution is 2.30. The van der Waals surface area contributed by atoms with Crippen molar-refractivity contribution in [2.75, 3.05) is 26.6 Å². The van der Waals surface area contributed by atoms with Crippen molar-refractivity contribution in [3.05, 3.63) is 77.5 Å². The van der Waals surface area contributed by atoms with Gasteiger partial charge in [0.15, 0.2) is 0 Å². The molecule has 1 aliphatic carbocycles. The van der Waals surface area contributed by atoms with Gasteiger partial charge in [-0.3, -0.25) is 4.79 Å². The lowest BCUT2D eigenvalue weighted by Gasteiger charge is -2.25. The molecule has 170 valence electrons. The second-order valence-corrected chi connectivity index (χ2v) is 7.61. The van der Waals surface area contributed by atoms with Crippen LogP contribution < -0.4 is 20.1 Å². The monoisotopic (exact) mass is 446 g/mol. The van der Waals surface area contributed by atoms with E-state index in [1.54, 1.807) is 37.3 Å². The minimum Gasteiger partial charge on any atom is -0.497 e. The summed E-state index contributed by atoms with van der Waals surface area (Å²) in [5.41, 5.74) is 3.78. The number of hydrogen-bond acceptors (Lipinski definition) is 5. The van der Waals surface area contributed by atoms with E-state index in [4.69, 9.17) is 14.5 Å². The number of benzene rings is 2. The third-order valence-electron chi connectivity index (χ3n) is 5.60. The minimum atomic E-state index is -1.09. The Morgan fingerprint density at radius 3 is 2.64 bits per heavy atom. The number of hydrogen-bond donors (Lipinski definition) is 2. The Hall–Kier alpha value is -4.07. The predicted molar refractivity (Wildman–Crippen MR) is 127 cm³/mol. The summed E-state index contributed by atoms with van der Waals surface area (Å²) >= 11 is 0. The summed E-state index contributed by atoms with van der Waals surface area (Å²) in [6.07, 6.45) is 4.55. The number of anilines is 1. The van der Waals surface area contributed by atoms with Gasteiger partial charge >= 0.3 is 6.03 Å². The second kappa shape index (κ2) is 9.60. The van der Waals surface area contributed by atoms with Gasteiger partial charge in [0, 0.05) is 29.9 Å². The number of amides is 3. The van der Waals surface area contributed by atoms with Crippen molar-refractivity contribution in [3.8, 4) is 11.5 Å². The summed E-state index contributed by atoms with van der Waals surface area (Å²) < 4.78 is 10.5. The summed E-state index contributed by atoms with van der Waals surface area (Å²) in [5, 5.41) is 5.45. The van der Waals surface area contributed by atoms with Crippen LogP contribution in [0.5, 0.6) is 11.5 Å². The largest absolute Gasteiger partial charge is 0.497 e. The van der Waals surface area contributed by atoms with Crippen LogP contribution in [-0.4, -0.2) is 50.0 Å². The van der Waals surface area contributed by atoms with Crippen molar-refractivity contribution in [1.82, 2.24) is 10.2 Å². The molecule has 3 amide bonds. The smallest absolute Gasteiger partial charge is 0.321 e. The van der Waals surface area contributed by atoms with Gasteiger partial charge in [-0.2, -0.15) is 0 Å². The second-order valence-electron chi connectivity index (χ2n) is 7.61. The molecule has 0 bridgehead atoms. The molecule has 8 nitrogen and oxygen atoms in total. The van der Waals surface area contributed by atoms with Crippen LogP contribution in [0.1, 0.15) is 18.4 Å². The van der Waals surface area contributed by atoms with Crippen LogP contribution in [0.15, 0.2) is 76.9 Å². The van der Waals surface area contributed by atoms with Gasteiger partial charge in [-0.1, -0.05) is 42.5 Å². The third-order valence-corrected chi connectivity index (χ3v) is 5.60. The lowest BCUT2D eigenvalue weighted by Crippen LogP contribution is -2.47. The summed E-state index contributed by atoms with van der Waals surface area (Å²) in [7, 11) is 4.77. The molecule has 2 N–H and O–H groups in total. The van der Waals surface area contributed by atoms with Crippen LogP contribution >= 0.6 is 0 Å². The van der Waals surface area contributed by atoms with E-state index in [1.165, 1.54) is 7.11 Å².